The maximum absolute atomic E-state index is 4.22. The highest BCUT2D eigenvalue weighted by Gasteiger charge is 2.03. The first-order valence-corrected chi connectivity index (χ1v) is 7.17. The van der Waals surface area contributed by atoms with Gasteiger partial charge in [0, 0.05) is 13.1 Å². The highest BCUT2D eigenvalue weighted by Crippen LogP contribution is 2.09. The molecule has 0 radical (unpaired) electrons. The first-order chi connectivity index (χ1) is 7.93. The summed E-state index contributed by atoms with van der Waals surface area (Å²) in [5, 5.41) is 0. The van der Waals surface area contributed by atoms with Crippen molar-refractivity contribution in [3.63, 3.8) is 0 Å². The summed E-state index contributed by atoms with van der Waals surface area (Å²) in [5.41, 5.74) is 0. The van der Waals surface area contributed by atoms with Crippen LogP contribution in [0.1, 0.15) is 64.7 Å². The van der Waals surface area contributed by atoms with Crippen molar-refractivity contribution in [1.29, 1.82) is 0 Å². The third-order valence-electron chi connectivity index (χ3n) is 3.31. The fourth-order valence-corrected chi connectivity index (χ4v) is 2.21. The van der Waals surface area contributed by atoms with E-state index in [1.807, 2.05) is 6.34 Å². The maximum atomic E-state index is 4.22. The van der Waals surface area contributed by atoms with Crippen LogP contribution in [0.2, 0.25) is 0 Å². The molecule has 0 amide bonds. The van der Waals surface area contributed by atoms with Gasteiger partial charge in [-0.15, -0.1) is 12.4 Å². The third-order valence-corrected chi connectivity index (χ3v) is 3.31. The van der Waals surface area contributed by atoms with Gasteiger partial charge in [-0.1, -0.05) is 58.3 Å². The Labute approximate surface area is 113 Å². The molecule has 17 heavy (non-hydrogen) atoms. The first kappa shape index (κ1) is 16.8. The van der Waals surface area contributed by atoms with Crippen molar-refractivity contribution in [3.05, 3.63) is 0 Å². The second-order valence-corrected chi connectivity index (χ2v) is 4.89. The van der Waals surface area contributed by atoms with Crippen LogP contribution in [0.25, 0.3) is 0 Å². The van der Waals surface area contributed by atoms with Crippen LogP contribution in [-0.4, -0.2) is 30.9 Å². The van der Waals surface area contributed by atoms with Crippen LogP contribution < -0.4 is 0 Å². The van der Waals surface area contributed by atoms with Gasteiger partial charge in [-0.25, -0.2) is 0 Å². The zero-order chi connectivity index (χ0) is 11.5. The molecule has 0 bridgehead atoms. The molecule has 0 saturated carbocycles. The predicted molar refractivity (Wildman–Crippen MR) is 79.4 cm³/mol. The van der Waals surface area contributed by atoms with Gasteiger partial charge < -0.3 is 4.90 Å². The Morgan fingerprint density at radius 3 is 2.06 bits per heavy atom. The number of hydrogen-bond acceptors (Lipinski definition) is 2. The number of unbranched alkanes of at least 4 members (excludes halogenated alkanes) is 8. The molecular weight excluding hydrogens is 232 g/mol. The van der Waals surface area contributed by atoms with E-state index in [9.17, 15) is 0 Å². The molecule has 0 N–H and O–H groups in total. The van der Waals surface area contributed by atoms with Crippen LogP contribution in [0.5, 0.6) is 0 Å². The van der Waals surface area contributed by atoms with Gasteiger partial charge in [0.05, 0.1) is 12.9 Å². The molecule has 0 aliphatic carbocycles. The molecule has 0 saturated heterocycles. The zero-order valence-electron chi connectivity index (χ0n) is 11.4. The largest absolute Gasteiger partial charge is 0.361 e. The molecule has 1 heterocycles. The quantitative estimate of drug-likeness (QED) is 0.535. The third kappa shape index (κ3) is 9.46. The minimum absolute atomic E-state index is 0. The Balaban J connectivity index is 0.00000256. The van der Waals surface area contributed by atoms with Crippen LogP contribution in [0.4, 0.5) is 0 Å². The van der Waals surface area contributed by atoms with Crippen molar-refractivity contribution in [2.24, 2.45) is 4.99 Å². The monoisotopic (exact) mass is 260 g/mol. The van der Waals surface area contributed by atoms with Crippen molar-refractivity contribution in [2.75, 3.05) is 19.6 Å². The SMILES string of the molecule is CCCCCCCCCCCN1C=NCC1.Cl. The first-order valence-electron chi connectivity index (χ1n) is 7.17. The molecule has 2 nitrogen and oxygen atoms in total. The summed E-state index contributed by atoms with van der Waals surface area (Å²) in [5.74, 6) is 0. The minimum atomic E-state index is 0. The van der Waals surface area contributed by atoms with Crippen molar-refractivity contribution in [2.45, 2.75) is 64.7 Å². The molecular formula is C14H29ClN2. The Morgan fingerprint density at radius 1 is 0.941 bits per heavy atom. The Bertz CT molecular complexity index is 183. The summed E-state index contributed by atoms with van der Waals surface area (Å²) in [4.78, 5) is 6.57. The highest BCUT2D eigenvalue weighted by atomic mass is 35.5. The fraction of sp³-hybridized carbons (Fsp3) is 0.929. The molecule has 102 valence electrons. The zero-order valence-corrected chi connectivity index (χ0v) is 12.2. The Morgan fingerprint density at radius 2 is 1.53 bits per heavy atom. The molecule has 0 spiro atoms. The summed E-state index contributed by atoms with van der Waals surface area (Å²) in [6, 6.07) is 0. The standard InChI is InChI=1S/C14H28N2.ClH/c1-2-3-4-5-6-7-8-9-10-12-16-13-11-15-14-16;/h14H,2-13H2,1H3;1H. The average Bonchev–Trinajstić information content (AvgIpc) is 2.80. The average molecular weight is 261 g/mol. The number of aliphatic imine (C=N–C) groups is 1. The van der Waals surface area contributed by atoms with Gasteiger partial charge in [-0.2, -0.15) is 0 Å². The molecule has 0 atom stereocenters. The van der Waals surface area contributed by atoms with E-state index in [-0.39, 0.29) is 12.4 Å². The van der Waals surface area contributed by atoms with E-state index in [2.05, 4.69) is 16.8 Å². The lowest BCUT2D eigenvalue weighted by molar-refractivity contribution is 0.438. The Hall–Kier alpha value is -0.240. The smallest absolute Gasteiger partial charge is 0.0851 e. The highest BCUT2D eigenvalue weighted by molar-refractivity contribution is 5.85. The summed E-state index contributed by atoms with van der Waals surface area (Å²) in [7, 11) is 0. The normalized spacial score (nSPS) is 14.1. The van der Waals surface area contributed by atoms with Gasteiger partial charge >= 0.3 is 0 Å². The van der Waals surface area contributed by atoms with E-state index in [0.29, 0.717) is 0 Å². The Kier molecular flexibility index (Phi) is 12.1. The molecule has 1 rings (SSSR count). The molecule has 0 aromatic rings. The van der Waals surface area contributed by atoms with Crippen molar-refractivity contribution < 1.29 is 0 Å². The van der Waals surface area contributed by atoms with Gasteiger partial charge in [0.15, 0.2) is 0 Å². The van der Waals surface area contributed by atoms with Gasteiger partial charge in [-0.3, -0.25) is 4.99 Å². The van der Waals surface area contributed by atoms with E-state index < -0.39 is 0 Å². The molecule has 1 aliphatic rings. The number of rotatable bonds is 10. The number of hydrogen-bond donors (Lipinski definition) is 0. The minimum Gasteiger partial charge on any atom is -0.361 e. The van der Waals surface area contributed by atoms with Crippen molar-refractivity contribution in [3.8, 4) is 0 Å². The van der Waals surface area contributed by atoms with Crippen LogP contribution in [0, 0.1) is 0 Å². The molecule has 1 aliphatic heterocycles. The summed E-state index contributed by atoms with van der Waals surface area (Å²) >= 11 is 0. The topological polar surface area (TPSA) is 15.6 Å². The number of halogens is 1. The molecule has 0 aromatic heterocycles. The van der Waals surface area contributed by atoms with Gasteiger partial charge in [0.25, 0.3) is 0 Å². The van der Waals surface area contributed by atoms with E-state index >= 15 is 0 Å². The molecule has 0 unspecified atom stereocenters. The van der Waals surface area contributed by atoms with Crippen LogP contribution in [0.15, 0.2) is 4.99 Å². The second kappa shape index (κ2) is 12.2. The van der Waals surface area contributed by atoms with Gasteiger partial charge in [0.2, 0.25) is 0 Å². The van der Waals surface area contributed by atoms with Gasteiger partial charge in [0.1, 0.15) is 0 Å². The molecule has 0 fully saturated rings. The van der Waals surface area contributed by atoms with Crippen LogP contribution in [-0.2, 0) is 0 Å². The second-order valence-electron chi connectivity index (χ2n) is 4.89. The lowest BCUT2D eigenvalue weighted by atomic mass is 10.1. The van der Waals surface area contributed by atoms with Crippen molar-refractivity contribution >= 4 is 18.7 Å². The summed E-state index contributed by atoms with van der Waals surface area (Å²) in [6.45, 7) is 5.66. The number of nitrogens with zero attached hydrogens (tertiary/aromatic N) is 2. The molecule has 0 aromatic carbocycles. The summed E-state index contributed by atoms with van der Waals surface area (Å²) in [6.07, 6.45) is 14.8. The van der Waals surface area contributed by atoms with Crippen LogP contribution in [0.3, 0.4) is 0 Å². The lowest BCUT2D eigenvalue weighted by Gasteiger charge is -2.12. The van der Waals surface area contributed by atoms with E-state index in [4.69, 9.17) is 0 Å². The summed E-state index contributed by atoms with van der Waals surface area (Å²) < 4.78 is 0. The van der Waals surface area contributed by atoms with E-state index in [0.717, 1.165) is 13.1 Å². The van der Waals surface area contributed by atoms with Crippen molar-refractivity contribution in [1.82, 2.24) is 4.90 Å². The van der Waals surface area contributed by atoms with Crippen LogP contribution >= 0.6 is 12.4 Å². The fourth-order valence-electron chi connectivity index (χ4n) is 2.21. The van der Waals surface area contributed by atoms with E-state index in [1.165, 1.54) is 64.3 Å². The molecule has 3 heteroatoms. The maximum Gasteiger partial charge on any atom is 0.0851 e. The lowest BCUT2D eigenvalue weighted by Crippen LogP contribution is -2.20. The van der Waals surface area contributed by atoms with Gasteiger partial charge in [-0.05, 0) is 6.42 Å². The predicted octanol–water partition coefficient (Wildman–Crippen LogP) is 4.28. The van der Waals surface area contributed by atoms with E-state index in [1.54, 1.807) is 0 Å².